The first-order valence-corrected chi connectivity index (χ1v) is 9.17. The number of ether oxygens (including phenoxy) is 1. The third-order valence-corrected chi connectivity index (χ3v) is 4.58. The molecule has 2 amide bonds. The van der Waals surface area contributed by atoms with E-state index in [2.05, 4.69) is 10.6 Å². The van der Waals surface area contributed by atoms with E-state index in [-0.39, 0.29) is 6.04 Å². The van der Waals surface area contributed by atoms with Crippen molar-refractivity contribution in [2.24, 2.45) is 0 Å². The lowest BCUT2D eigenvalue weighted by Crippen LogP contribution is -2.36. The maximum Gasteiger partial charge on any atom is 0.319 e. The molecule has 1 unspecified atom stereocenters. The van der Waals surface area contributed by atoms with Crippen LogP contribution in [0.25, 0.3) is 0 Å². The quantitative estimate of drug-likeness (QED) is 0.649. The maximum absolute atomic E-state index is 12.5. The highest BCUT2D eigenvalue weighted by molar-refractivity contribution is 7.99. The van der Waals surface area contributed by atoms with Crippen LogP contribution >= 0.6 is 11.8 Å². The van der Waals surface area contributed by atoms with Crippen LogP contribution in [0.2, 0.25) is 0 Å². The molecule has 0 aliphatic carbocycles. The summed E-state index contributed by atoms with van der Waals surface area (Å²) in [7, 11) is 5.46. The van der Waals surface area contributed by atoms with E-state index < -0.39 is 11.8 Å². The summed E-state index contributed by atoms with van der Waals surface area (Å²) in [6.07, 6.45) is 0. The molecule has 2 N–H and O–H groups in total. The number of methoxy groups -OCH3 is 1. The number of amides is 2. The number of benzene rings is 2. The molecule has 0 saturated heterocycles. The molecule has 5 nitrogen and oxygen atoms in total. The summed E-state index contributed by atoms with van der Waals surface area (Å²) in [5.74, 6) is -1.75. The third-order valence-electron chi connectivity index (χ3n) is 3.87. The Morgan fingerprint density at radius 1 is 1.19 bits per heavy atom. The van der Waals surface area contributed by atoms with Gasteiger partial charge in [0.2, 0.25) is 0 Å². The van der Waals surface area contributed by atoms with Crippen LogP contribution in [0.1, 0.15) is 11.6 Å². The molecule has 1 atom stereocenters. The van der Waals surface area contributed by atoms with E-state index in [1.54, 1.807) is 25.3 Å². The van der Waals surface area contributed by atoms with Crippen molar-refractivity contribution >= 4 is 23.5 Å². The number of thioether (sulfide) groups is 1. The standard InChI is InChI=1S/C19H23F2N3O2S/c1-24(2)17(13-6-4-8-15(10-13)26-3)12-22-19(25)23-14-7-5-9-16(11-14)27-18(20)21/h4-11,17-18H,12H2,1-3H3,(H2,22,23,25). The Morgan fingerprint density at radius 2 is 1.93 bits per heavy atom. The summed E-state index contributed by atoms with van der Waals surface area (Å²) in [6.45, 7) is 0.372. The number of alkyl halides is 2. The van der Waals surface area contributed by atoms with Crippen LogP contribution in [0.3, 0.4) is 0 Å². The van der Waals surface area contributed by atoms with Gasteiger partial charge in [-0.3, -0.25) is 0 Å². The molecule has 0 saturated carbocycles. The smallest absolute Gasteiger partial charge is 0.319 e. The van der Waals surface area contributed by atoms with Gasteiger partial charge in [-0.25, -0.2) is 4.79 Å². The SMILES string of the molecule is COc1cccc(C(CNC(=O)Nc2cccc(SC(F)F)c2)N(C)C)c1. The first-order valence-electron chi connectivity index (χ1n) is 8.29. The summed E-state index contributed by atoms with van der Waals surface area (Å²) in [4.78, 5) is 14.6. The lowest BCUT2D eigenvalue weighted by Gasteiger charge is -2.25. The minimum atomic E-state index is -2.50. The van der Waals surface area contributed by atoms with Gasteiger partial charge >= 0.3 is 6.03 Å². The number of likely N-dealkylation sites (N-methyl/N-ethyl adjacent to an activating group) is 1. The van der Waals surface area contributed by atoms with Crippen molar-refractivity contribution in [3.8, 4) is 5.75 Å². The van der Waals surface area contributed by atoms with E-state index in [9.17, 15) is 13.6 Å². The topological polar surface area (TPSA) is 53.6 Å². The summed E-state index contributed by atoms with van der Waals surface area (Å²) in [5.41, 5.74) is 1.47. The molecule has 0 aromatic heterocycles. The number of urea groups is 1. The molecular formula is C19H23F2N3O2S. The Kier molecular flexibility index (Phi) is 7.87. The Morgan fingerprint density at radius 3 is 2.59 bits per heavy atom. The van der Waals surface area contributed by atoms with Gasteiger partial charge in [-0.05, 0) is 50.0 Å². The van der Waals surface area contributed by atoms with Crippen molar-refractivity contribution in [2.75, 3.05) is 33.1 Å². The normalized spacial score (nSPS) is 12.1. The van der Waals surface area contributed by atoms with Crippen molar-refractivity contribution in [1.29, 1.82) is 0 Å². The highest BCUT2D eigenvalue weighted by Gasteiger charge is 2.16. The summed E-state index contributed by atoms with van der Waals surface area (Å²) < 4.78 is 30.2. The van der Waals surface area contributed by atoms with Gasteiger partial charge in [-0.1, -0.05) is 30.0 Å². The predicted molar refractivity (Wildman–Crippen MR) is 105 cm³/mol. The van der Waals surface area contributed by atoms with Gasteiger partial charge in [-0.2, -0.15) is 8.78 Å². The Bertz CT molecular complexity index is 759. The molecule has 0 spiro atoms. The molecule has 2 aromatic rings. The van der Waals surface area contributed by atoms with Gasteiger partial charge in [0.25, 0.3) is 5.76 Å². The number of anilines is 1. The molecule has 2 rings (SSSR count). The van der Waals surface area contributed by atoms with E-state index >= 15 is 0 Å². The van der Waals surface area contributed by atoms with Gasteiger partial charge in [0.1, 0.15) is 5.75 Å². The number of hydrogen-bond acceptors (Lipinski definition) is 4. The van der Waals surface area contributed by atoms with Gasteiger partial charge in [0.15, 0.2) is 0 Å². The number of hydrogen-bond donors (Lipinski definition) is 2. The molecule has 2 aromatic carbocycles. The molecule has 8 heteroatoms. The first-order chi connectivity index (χ1) is 12.9. The van der Waals surface area contributed by atoms with Gasteiger partial charge in [-0.15, -0.1) is 0 Å². The summed E-state index contributed by atoms with van der Waals surface area (Å²) >= 11 is 0.439. The average molecular weight is 395 g/mol. The van der Waals surface area contributed by atoms with Gasteiger partial charge < -0.3 is 20.3 Å². The Hall–Kier alpha value is -2.32. The van der Waals surface area contributed by atoms with Crippen molar-refractivity contribution in [3.63, 3.8) is 0 Å². The maximum atomic E-state index is 12.5. The fraction of sp³-hybridized carbons (Fsp3) is 0.316. The second kappa shape index (κ2) is 10.1. The van der Waals surface area contributed by atoms with Crippen LogP contribution < -0.4 is 15.4 Å². The molecule has 27 heavy (non-hydrogen) atoms. The van der Waals surface area contributed by atoms with Crippen LogP contribution in [0.5, 0.6) is 5.75 Å². The lowest BCUT2D eigenvalue weighted by molar-refractivity contribution is 0.243. The molecule has 0 fully saturated rings. The number of halogens is 2. The van der Waals surface area contributed by atoms with Crippen molar-refractivity contribution in [1.82, 2.24) is 10.2 Å². The number of carbonyl (C=O) groups is 1. The molecule has 0 aliphatic heterocycles. The minimum absolute atomic E-state index is 0.0495. The Balaban J connectivity index is 1.98. The summed E-state index contributed by atoms with van der Waals surface area (Å²) in [6, 6.07) is 13.6. The zero-order chi connectivity index (χ0) is 19.8. The molecule has 0 heterocycles. The van der Waals surface area contributed by atoms with Crippen LogP contribution in [0.15, 0.2) is 53.4 Å². The molecule has 0 radical (unpaired) electrons. The molecule has 146 valence electrons. The lowest BCUT2D eigenvalue weighted by atomic mass is 10.1. The van der Waals surface area contributed by atoms with E-state index in [1.165, 1.54) is 6.07 Å². The molecule has 0 bridgehead atoms. The second-order valence-electron chi connectivity index (χ2n) is 6.00. The van der Waals surface area contributed by atoms with E-state index in [0.717, 1.165) is 11.3 Å². The minimum Gasteiger partial charge on any atom is -0.497 e. The number of nitrogens with one attached hydrogen (secondary N) is 2. The van der Waals surface area contributed by atoms with Crippen LogP contribution in [0.4, 0.5) is 19.3 Å². The fourth-order valence-electron chi connectivity index (χ4n) is 2.56. The highest BCUT2D eigenvalue weighted by atomic mass is 32.2. The van der Waals surface area contributed by atoms with Crippen LogP contribution in [0, 0.1) is 0 Å². The van der Waals surface area contributed by atoms with Crippen LogP contribution in [-0.4, -0.2) is 44.4 Å². The van der Waals surface area contributed by atoms with Crippen molar-refractivity contribution < 1.29 is 18.3 Å². The fourth-order valence-corrected chi connectivity index (χ4v) is 3.12. The van der Waals surface area contributed by atoms with Crippen molar-refractivity contribution in [3.05, 3.63) is 54.1 Å². The molecular weight excluding hydrogens is 372 g/mol. The molecule has 0 aliphatic rings. The first kappa shape index (κ1) is 21.0. The largest absolute Gasteiger partial charge is 0.497 e. The van der Waals surface area contributed by atoms with Crippen LogP contribution in [-0.2, 0) is 0 Å². The number of rotatable bonds is 8. The average Bonchev–Trinajstić information content (AvgIpc) is 2.61. The third kappa shape index (κ3) is 6.73. The van der Waals surface area contributed by atoms with Gasteiger partial charge in [0, 0.05) is 17.1 Å². The van der Waals surface area contributed by atoms with E-state index in [4.69, 9.17) is 4.74 Å². The van der Waals surface area contributed by atoms with E-state index in [1.807, 2.05) is 43.3 Å². The monoisotopic (exact) mass is 395 g/mol. The second-order valence-corrected chi connectivity index (χ2v) is 7.06. The van der Waals surface area contributed by atoms with E-state index in [0.29, 0.717) is 28.9 Å². The van der Waals surface area contributed by atoms with Crippen molar-refractivity contribution in [2.45, 2.75) is 16.7 Å². The number of nitrogens with zero attached hydrogens (tertiary/aromatic N) is 1. The predicted octanol–water partition coefficient (Wildman–Crippen LogP) is 4.43. The number of carbonyl (C=O) groups excluding carboxylic acids is 1. The Labute approximate surface area is 162 Å². The highest BCUT2D eigenvalue weighted by Crippen LogP contribution is 2.27. The van der Waals surface area contributed by atoms with Gasteiger partial charge in [0.05, 0.1) is 13.2 Å². The zero-order valence-corrected chi connectivity index (χ0v) is 16.2. The zero-order valence-electron chi connectivity index (χ0n) is 15.4. The summed E-state index contributed by atoms with van der Waals surface area (Å²) in [5, 5.41) is 5.49.